The lowest BCUT2D eigenvalue weighted by Gasteiger charge is -2.17. The van der Waals surface area contributed by atoms with Crippen LogP contribution < -0.4 is 0 Å². The van der Waals surface area contributed by atoms with Crippen LogP contribution in [0.4, 0.5) is 0 Å². The summed E-state index contributed by atoms with van der Waals surface area (Å²) in [5, 5.41) is 17.5. The van der Waals surface area contributed by atoms with Crippen LogP contribution >= 0.6 is 0 Å². The zero-order chi connectivity index (χ0) is 12.0. The minimum atomic E-state index is -0.672. The molecule has 0 aromatic heterocycles. The monoisotopic (exact) mass is 222 g/mol. The van der Waals surface area contributed by atoms with Gasteiger partial charge in [-0.05, 0) is 11.1 Å². The summed E-state index contributed by atoms with van der Waals surface area (Å²) in [6.45, 7) is 7.09. The summed E-state index contributed by atoms with van der Waals surface area (Å²) in [5.41, 5.74) is 1.30. The highest BCUT2D eigenvalue weighted by Crippen LogP contribution is 2.28. The Morgan fingerprint density at radius 3 is 1.56 bits per heavy atom. The normalized spacial score (nSPS) is 14.1. The summed E-state index contributed by atoms with van der Waals surface area (Å²) in [5.74, 6) is 0. The summed E-state index contributed by atoms with van der Waals surface area (Å²) < 4.78 is 0. The van der Waals surface area contributed by atoms with Crippen LogP contribution in [0.1, 0.15) is 23.3 Å². The fourth-order valence-corrected chi connectivity index (χ4v) is 1.48. The van der Waals surface area contributed by atoms with Crippen molar-refractivity contribution in [2.75, 3.05) is 0 Å². The molecule has 0 radical (unpaired) electrons. The fraction of sp³-hybridized carbons (Fsp3) is 0.167. The number of hydrogen-bond donors (Lipinski definition) is 2. The molecule has 0 heterocycles. The second-order valence-electron chi connectivity index (χ2n) is 3.15. The van der Waals surface area contributed by atoms with E-state index in [-0.39, 0.29) is 0 Å². The van der Waals surface area contributed by atoms with E-state index in [0.717, 1.165) is 0 Å². The van der Waals surface area contributed by atoms with Gasteiger partial charge in [0.1, 0.15) is 12.2 Å². The van der Waals surface area contributed by atoms with E-state index >= 15 is 0 Å². The molecule has 0 spiro atoms. The van der Waals surface area contributed by atoms with E-state index in [0.29, 0.717) is 11.1 Å². The maximum atomic E-state index is 8.73. The van der Waals surface area contributed by atoms with Gasteiger partial charge in [-0.15, -0.1) is 13.2 Å². The van der Waals surface area contributed by atoms with E-state index in [2.05, 4.69) is 22.9 Å². The van der Waals surface area contributed by atoms with Crippen molar-refractivity contribution in [3.8, 4) is 0 Å². The average molecular weight is 222 g/mol. The molecule has 1 aromatic carbocycles. The molecular weight excluding hydrogens is 208 g/mol. The van der Waals surface area contributed by atoms with Gasteiger partial charge >= 0.3 is 0 Å². The highest BCUT2D eigenvalue weighted by atomic mass is 17.1. The standard InChI is InChI=1S/C12H14O4/c1-3-11(15-13)9-7-5-6-8-10(9)12(4-2)16-14/h3-8,11-14H,1-2H2. The lowest BCUT2D eigenvalue weighted by molar-refractivity contribution is -0.275. The minimum absolute atomic E-state index is 0.652. The quantitative estimate of drug-likeness (QED) is 0.441. The Bertz CT molecular complexity index is 327. The average Bonchev–Trinajstić information content (AvgIpc) is 2.34. The van der Waals surface area contributed by atoms with Crippen LogP contribution in [0.15, 0.2) is 49.6 Å². The van der Waals surface area contributed by atoms with Gasteiger partial charge in [0, 0.05) is 0 Å². The van der Waals surface area contributed by atoms with E-state index in [1.165, 1.54) is 12.2 Å². The highest BCUT2D eigenvalue weighted by Gasteiger charge is 2.17. The molecule has 4 heteroatoms. The molecule has 86 valence electrons. The zero-order valence-electron chi connectivity index (χ0n) is 8.74. The third kappa shape index (κ3) is 2.56. The maximum absolute atomic E-state index is 8.73. The fourth-order valence-electron chi connectivity index (χ4n) is 1.48. The van der Waals surface area contributed by atoms with Crippen molar-refractivity contribution in [2.24, 2.45) is 0 Å². The number of hydrogen-bond acceptors (Lipinski definition) is 4. The smallest absolute Gasteiger partial charge is 0.136 e. The van der Waals surface area contributed by atoms with Gasteiger partial charge in [-0.1, -0.05) is 36.4 Å². The topological polar surface area (TPSA) is 58.9 Å². The molecule has 16 heavy (non-hydrogen) atoms. The first-order valence-corrected chi connectivity index (χ1v) is 4.72. The minimum Gasteiger partial charge on any atom is -0.251 e. The SMILES string of the molecule is C=CC(OO)c1ccccc1C(C=C)OO. The van der Waals surface area contributed by atoms with Crippen LogP contribution in [0.3, 0.4) is 0 Å². The highest BCUT2D eigenvalue weighted by molar-refractivity contribution is 5.34. The second-order valence-corrected chi connectivity index (χ2v) is 3.15. The lowest BCUT2D eigenvalue weighted by Crippen LogP contribution is -2.07. The van der Waals surface area contributed by atoms with Gasteiger partial charge in [0.25, 0.3) is 0 Å². The first-order chi connectivity index (χ1) is 7.78. The van der Waals surface area contributed by atoms with Gasteiger partial charge in [0.2, 0.25) is 0 Å². The van der Waals surface area contributed by atoms with Gasteiger partial charge in [-0.25, -0.2) is 9.78 Å². The molecule has 0 saturated heterocycles. The summed E-state index contributed by atoms with van der Waals surface area (Å²) >= 11 is 0. The number of benzene rings is 1. The molecule has 2 unspecified atom stereocenters. The number of rotatable bonds is 6. The molecule has 2 atom stereocenters. The molecule has 0 aliphatic heterocycles. The summed E-state index contributed by atoms with van der Waals surface area (Å²) in [6, 6.07) is 7.05. The predicted octanol–water partition coefficient (Wildman–Crippen LogP) is 3.12. The van der Waals surface area contributed by atoms with Gasteiger partial charge < -0.3 is 0 Å². The van der Waals surface area contributed by atoms with Crippen molar-refractivity contribution in [1.82, 2.24) is 0 Å². The van der Waals surface area contributed by atoms with E-state index in [9.17, 15) is 0 Å². The van der Waals surface area contributed by atoms with Gasteiger partial charge in [0.15, 0.2) is 0 Å². The Kier molecular flexibility index (Phi) is 4.88. The first kappa shape index (κ1) is 12.6. The van der Waals surface area contributed by atoms with Crippen molar-refractivity contribution in [3.05, 3.63) is 60.7 Å². The Balaban J connectivity index is 3.17. The Hall–Kier alpha value is -1.46. The maximum Gasteiger partial charge on any atom is 0.136 e. The van der Waals surface area contributed by atoms with Crippen LogP contribution in [-0.2, 0) is 9.78 Å². The van der Waals surface area contributed by atoms with E-state index in [4.69, 9.17) is 10.5 Å². The van der Waals surface area contributed by atoms with Gasteiger partial charge in [-0.3, -0.25) is 10.5 Å². The Labute approximate surface area is 93.9 Å². The van der Waals surface area contributed by atoms with Crippen LogP contribution in [0.5, 0.6) is 0 Å². The van der Waals surface area contributed by atoms with Crippen LogP contribution in [-0.4, -0.2) is 10.5 Å². The molecule has 4 nitrogen and oxygen atoms in total. The van der Waals surface area contributed by atoms with Crippen molar-refractivity contribution < 1.29 is 20.3 Å². The van der Waals surface area contributed by atoms with Gasteiger partial charge in [0.05, 0.1) is 0 Å². The molecule has 0 amide bonds. The lowest BCUT2D eigenvalue weighted by atomic mass is 9.98. The second kappa shape index (κ2) is 6.19. The summed E-state index contributed by atoms with van der Waals surface area (Å²) in [6.07, 6.45) is 1.54. The molecule has 0 aliphatic rings. The largest absolute Gasteiger partial charge is 0.251 e. The van der Waals surface area contributed by atoms with Crippen LogP contribution in [0, 0.1) is 0 Å². The van der Waals surface area contributed by atoms with E-state index in [1.54, 1.807) is 24.3 Å². The molecule has 2 N–H and O–H groups in total. The van der Waals surface area contributed by atoms with E-state index < -0.39 is 12.2 Å². The molecule has 0 fully saturated rings. The van der Waals surface area contributed by atoms with Crippen LogP contribution in [0.2, 0.25) is 0 Å². The summed E-state index contributed by atoms with van der Waals surface area (Å²) in [7, 11) is 0. The van der Waals surface area contributed by atoms with Crippen LogP contribution in [0.25, 0.3) is 0 Å². The summed E-state index contributed by atoms with van der Waals surface area (Å²) in [4.78, 5) is 8.55. The zero-order valence-corrected chi connectivity index (χ0v) is 8.74. The first-order valence-electron chi connectivity index (χ1n) is 4.72. The molecular formula is C12H14O4. The third-order valence-corrected chi connectivity index (χ3v) is 2.26. The Morgan fingerprint density at radius 1 is 0.938 bits per heavy atom. The third-order valence-electron chi connectivity index (χ3n) is 2.26. The van der Waals surface area contributed by atoms with Gasteiger partial charge in [-0.2, -0.15) is 0 Å². The molecule has 1 aromatic rings. The van der Waals surface area contributed by atoms with Crippen molar-refractivity contribution in [1.29, 1.82) is 0 Å². The van der Waals surface area contributed by atoms with Crippen molar-refractivity contribution in [3.63, 3.8) is 0 Å². The molecule has 0 saturated carbocycles. The molecule has 0 bridgehead atoms. The van der Waals surface area contributed by atoms with Crippen molar-refractivity contribution >= 4 is 0 Å². The predicted molar refractivity (Wildman–Crippen MR) is 59.7 cm³/mol. The molecule has 1 rings (SSSR count). The van der Waals surface area contributed by atoms with Crippen molar-refractivity contribution in [2.45, 2.75) is 12.2 Å². The van der Waals surface area contributed by atoms with E-state index in [1.807, 2.05) is 0 Å². The Morgan fingerprint density at radius 2 is 1.31 bits per heavy atom. The molecule has 0 aliphatic carbocycles.